The lowest BCUT2D eigenvalue weighted by atomic mass is 10.1. The molecule has 0 saturated heterocycles. The highest BCUT2D eigenvalue weighted by atomic mass is 19.4. The second kappa shape index (κ2) is 12.1. The summed E-state index contributed by atoms with van der Waals surface area (Å²) in [6.45, 7) is -1.98. The molecule has 214 valence electrons. The van der Waals surface area contributed by atoms with Gasteiger partial charge in [-0.3, -0.25) is 9.59 Å². The monoisotopic (exact) mass is 577 g/mol. The molecule has 0 radical (unpaired) electrons. The number of alkyl halides is 6. The first kappa shape index (κ1) is 29.1. The lowest BCUT2D eigenvalue weighted by Crippen LogP contribution is -2.35. The minimum atomic E-state index is -4.89. The standard InChI is InChI=1S/C27H21F6N5O3/c28-26(29,30)16-41-25-20(17-7-3-1-4-8-17)13-18(14-36-25)23(39)34-11-12-35-24(40)21-15-38(19-9-5-2-6-10-19)37-22(21)27(31,32)33/h1-10,13-15H,11-12,16H2,(H,34,39)(H,35,40). The Kier molecular flexibility index (Phi) is 8.59. The Bertz CT molecular complexity index is 1510. The summed E-state index contributed by atoms with van der Waals surface area (Å²) < 4.78 is 84.4. The zero-order chi connectivity index (χ0) is 29.6. The van der Waals surface area contributed by atoms with E-state index in [2.05, 4.69) is 20.7 Å². The van der Waals surface area contributed by atoms with Crippen LogP contribution >= 0.6 is 0 Å². The van der Waals surface area contributed by atoms with E-state index < -0.39 is 42.0 Å². The number of nitrogens with one attached hydrogen (secondary N) is 2. The maximum absolute atomic E-state index is 13.5. The lowest BCUT2D eigenvalue weighted by Gasteiger charge is -2.14. The number of pyridine rings is 1. The molecule has 0 fully saturated rings. The molecule has 2 N–H and O–H groups in total. The van der Waals surface area contributed by atoms with Gasteiger partial charge >= 0.3 is 12.4 Å². The van der Waals surface area contributed by atoms with Crippen LogP contribution in [-0.4, -0.2) is 52.5 Å². The highest BCUT2D eigenvalue weighted by Crippen LogP contribution is 2.32. The zero-order valence-electron chi connectivity index (χ0n) is 21.0. The highest BCUT2D eigenvalue weighted by Gasteiger charge is 2.39. The number of hydrogen-bond acceptors (Lipinski definition) is 5. The van der Waals surface area contributed by atoms with E-state index in [0.29, 0.717) is 11.3 Å². The smallest absolute Gasteiger partial charge is 0.435 e. The highest BCUT2D eigenvalue weighted by molar-refractivity contribution is 5.96. The summed E-state index contributed by atoms with van der Waals surface area (Å²) in [5, 5.41) is 8.31. The average Bonchev–Trinajstić information content (AvgIpc) is 3.41. The van der Waals surface area contributed by atoms with E-state index in [-0.39, 0.29) is 30.1 Å². The van der Waals surface area contributed by atoms with Crippen molar-refractivity contribution in [3.63, 3.8) is 0 Å². The minimum Gasteiger partial charge on any atom is -0.468 e. The van der Waals surface area contributed by atoms with Gasteiger partial charge in [0.05, 0.1) is 16.8 Å². The van der Waals surface area contributed by atoms with Crippen LogP contribution in [0.4, 0.5) is 26.3 Å². The molecule has 0 atom stereocenters. The van der Waals surface area contributed by atoms with Gasteiger partial charge in [-0.05, 0) is 23.8 Å². The third-order valence-electron chi connectivity index (χ3n) is 5.51. The number of nitrogens with zero attached hydrogens (tertiary/aromatic N) is 3. The molecule has 41 heavy (non-hydrogen) atoms. The van der Waals surface area contributed by atoms with E-state index in [4.69, 9.17) is 4.74 Å². The number of para-hydroxylation sites is 1. The van der Waals surface area contributed by atoms with Crippen LogP contribution in [0.2, 0.25) is 0 Å². The van der Waals surface area contributed by atoms with Crippen molar-refractivity contribution in [3.05, 3.63) is 95.9 Å². The zero-order valence-corrected chi connectivity index (χ0v) is 21.0. The van der Waals surface area contributed by atoms with Gasteiger partial charge in [-0.25, -0.2) is 9.67 Å². The van der Waals surface area contributed by atoms with E-state index in [1.54, 1.807) is 48.5 Å². The Balaban J connectivity index is 1.41. The van der Waals surface area contributed by atoms with E-state index in [0.717, 1.165) is 17.1 Å². The van der Waals surface area contributed by atoms with Crippen molar-refractivity contribution in [2.24, 2.45) is 0 Å². The van der Waals surface area contributed by atoms with Crippen molar-refractivity contribution < 1.29 is 40.7 Å². The van der Waals surface area contributed by atoms with Gasteiger partial charge < -0.3 is 15.4 Å². The summed E-state index contributed by atoms with van der Waals surface area (Å²) in [7, 11) is 0. The number of ether oxygens (including phenoxy) is 1. The van der Waals surface area contributed by atoms with Gasteiger partial charge in [-0.15, -0.1) is 0 Å². The quantitative estimate of drug-likeness (QED) is 0.214. The van der Waals surface area contributed by atoms with E-state index in [9.17, 15) is 35.9 Å². The molecule has 4 rings (SSSR count). The van der Waals surface area contributed by atoms with Crippen LogP contribution in [0, 0.1) is 0 Å². The van der Waals surface area contributed by atoms with Crippen LogP contribution in [-0.2, 0) is 6.18 Å². The van der Waals surface area contributed by atoms with Gasteiger partial charge in [0.1, 0.15) is 0 Å². The second-order valence-corrected chi connectivity index (χ2v) is 8.53. The number of rotatable bonds is 9. The maximum atomic E-state index is 13.5. The van der Waals surface area contributed by atoms with Crippen molar-refractivity contribution in [1.82, 2.24) is 25.4 Å². The first-order valence-electron chi connectivity index (χ1n) is 12.0. The predicted octanol–water partition coefficient (Wildman–Crippen LogP) is 5.05. The topological polar surface area (TPSA) is 98.1 Å². The van der Waals surface area contributed by atoms with Crippen LogP contribution in [0.3, 0.4) is 0 Å². The minimum absolute atomic E-state index is 0.0157. The first-order valence-corrected chi connectivity index (χ1v) is 12.0. The molecule has 0 unspecified atom stereocenters. The van der Waals surface area contributed by atoms with Crippen molar-refractivity contribution in [2.45, 2.75) is 12.4 Å². The van der Waals surface area contributed by atoms with Crippen LogP contribution < -0.4 is 15.4 Å². The fourth-order valence-electron chi connectivity index (χ4n) is 3.68. The Morgan fingerprint density at radius 2 is 1.46 bits per heavy atom. The fourth-order valence-corrected chi connectivity index (χ4v) is 3.68. The van der Waals surface area contributed by atoms with E-state index in [1.165, 1.54) is 18.2 Å². The normalized spacial score (nSPS) is 11.7. The van der Waals surface area contributed by atoms with Crippen molar-refractivity contribution in [2.75, 3.05) is 19.7 Å². The summed E-state index contributed by atoms with van der Waals surface area (Å²) in [4.78, 5) is 29.1. The number of carbonyl (C=O) groups is 2. The van der Waals surface area contributed by atoms with Crippen molar-refractivity contribution in [1.29, 1.82) is 0 Å². The molecule has 2 aromatic carbocycles. The van der Waals surface area contributed by atoms with Gasteiger partial charge in [0.2, 0.25) is 5.88 Å². The van der Waals surface area contributed by atoms with Crippen LogP contribution in [0.15, 0.2) is 79.1 Å². The van der Waals surface area contributed by atoms with Crippen LogP contribution in [0.25, 0.3) is 16.8 Å². The Morgan fingerprint density at radius 3 is 2.07 bits per heavy atom. The third kappa shape index (κ3) is 7.62. The number of aromatic nitrogens is 3. The lowest BCUT2D eigenvalue weighted by molar-refractivity contribution is -0.154. The molecule has 0 saturated carbocycles. The molecule has 4 aromatic rings. The molecular formula is C27H21F6N5O3. The third-order valence-corrected chi connectivity index (χ3v) is 5.51. The van der Waals surface area contributed by atoms with Crippen LogP contribution in [0.5, 0.6) is 5.88 Å². The summed E-state index contributed by atoms with van der Waals surface area (Å²) in [6.07, 6.45) is -7.50. The summed E-state index contributed by atoms with van der Waals surface area (Å²) >= 11 is 0. The van der Waals surface area contributed by atoms with Gasteiger partial charge in [0.25, 0.3) is 11.8 Å². The van der Waals surface area contributed by atoms with E-state index in [1.807, 2.05) is 0 Å². The number of carbonyl (C=O) groups excluding carboxylic acids is 2. The molecule has 14 heteroatoms. The van der Waals surface area contributed by atoms with Gasteiger partial charge in [0, 0.05) is 31.0 Å². The SMILES string of the molecule is O=C(NCCNC(=O)c1cn(-c2ccccc2)nc1C(F)(F)F)c1cnc(OCC(F)(F)F)c(-c2ccccc2)c1. The van der Waals surface area contributed by atoms with Gasteiger partial charge in [0.15, 0.2) is 12.3 Å². The molecule has 8 nitrogen and oxygen atoms in total. The molecule has 0 aliphatic rings. The number of halogens is 6. The predicted molar refractivity (Wildman–Crippen MR) is 134 cm³/mol. The summed E-state index contributed by atoms with van der Waals surface area (Å²) in [5.74, 6) is -2.05. The fraction of sp³-hybridized carbons (Fsp3) is 0.185. The second-order valence-electron chi connectivity index (χ2n) is 8.53. The molecule has 0 aliphatic carbocycles. The molecular weight excluding hydrogens is 556 g/mol. The van der Waals surface area contributed by atoms with E-state index >= 15 is 0 Å². The Hall–Kier alpha value is -4.88. The van der Waals surface area contributed by atoms with Crippen LogP contribution in [0.1, 0.15) is 26.4 Å². The van der Waals surface area contributed by atoms with Gasteiger partial charge in [-0.1, -0.05) is 48.5 Å². The summed E-state index contributed by atoms with van der Waals surface area (Å²) in [6, 6.07) is 17.4. The number of hydrogen-bond donors (Lipinski definition) is 2. The molecule has 2 amide bonds. The Labute approximate surface area is 229 Å². The molecule has 0 spiro atoms. The molecule has 0 aliphatic heterocycles. The first-order chi connectivity index (χ1) is 19.4. The maximum Gasteiger partial charge on any atom is 0.435 e. The van der Waals surface area contributed by atoms with Crippen molar-refractivity contribution in [3.8, 4) is 22.7 Å². The average molecular weight is 577 g/mol. The Morgan fingerprint density at radius 1 is 0.854 bits per heavy atom. The van der Waals surface area contributed by atoms with Gasteiger partial charge in [-0.2, -0.15) is 31.4 Å². The number of benzene rings is 2. The van der Waals surface area contributed by atoms with Crippen molar-refractivity contribution >= 4 is 11.8 Å². The summed E-state index contributed by atoms with van der Waals surface area (Å²) in [5.41, 5.74) is -1.16. The number of amides is 2. The molecule has 2 aromatic heterocycles. The largest absolute Gasteiger partial charge is 0.468 e. The molecule has 0 bridgehead atoms. The molecule has 2 heterocycles.